The molecule has 0 aliphatic heterocycles. The number of carbonyl (C=O) groups excluding carboxylic acids is 2. The van der Waals surface area contributed by atoms with E-state index in [1.165, 1.54) is 7.11 Å². The Morgan fingerprint density at radius 1 is 1.62 bits per heavy atom. The van der Waals surface area contributed by atoms with E-state index in [9.17, 15) is 14.7 Å². The molecular weight excluding hydrogens is 232 g/mol. The zero-order chi connectivity index (χ0) is 12.1. The number of esters is 1. The maximum Gasteiger partial charge on any atom is 0.312 e. The Hall–Kier alpha value is -0.870. The van der Waals surface area contributed by atoms with Gasteiger partial charge >= 0.3 is 5.97 Å². The van der Waals surface area contributed by atoms with E-state index in [0.717, 1.165) is 0 Å². The lowest BCUT2D eigenvalue weighted by Gasteiger charge is -2.48. The summed E-state index contributed by atoms with van der Waals surface area (Å²) in [6.45, 7) is 1.67. The zero-order valence-corrected chi connectivity index (χ0v) is 9.82. The van der Waals surface area contributed by atoms with E-state index in [2.05, 4.69) is 0 Å². The highest BCUT2D eigenvalue weighted by molar-refractivity contribution is 6.35. The predicted molar refractivity (Wildman–Crippen MR) is 56.7 cm³/mol. The number of ketones is 1. The lowest BCUT2D eigenvalue weighted by atomic mass is 9.58. The summed E-state index contributed by atoms with van der Waals surface area (Å²) in [6, 6.07) is 0. The van der Waals surface area contributed by atoms with E-state index in [1.807, 2.05) is 0 Å². The van der Waals surface area contributed by atoms with Gasteiger partial charge in [-0.25, -0.2) is 0 Å². The van der Waals surface area contributed by atoms with Gasteiger partial charge in [0.05, 0.1) is 18.4 Å². The highest BCUT2D eigenvalue weighted by Gasteiger charge is 2.61. The van der Waals surface area contributed by atoms with E-state index in [0.29, 0.717) is 6.42 Å². The summed E-state index contributed by atoms with van der Waals surface area (Å²) >= 11 is 5.80. The first-order valence-corrected chi connectivity index (χ1v) is 5.44. The van der Waals surface area contributed by atoms with Crippen molar-refractivity contribution in [2.75, 3.05) is 7.11 Å². The van der Waals surface area contributed by atoms with Gasteiger partial charge < -0.3 is 9.84 Å². The number of alkyl halides is 1. The lowest BCUT2D eigenvalue weighted by Crippen LogP contribution is -2.59. The van der Waals surface area contributed by atoms with Crippen LogP contribution in [0.3, 0.4) is 0 Å². The van der Waals surface area contributed by atoms with Gasteiger partial charge in [0.1, 0.15) is 0 Å². The predicted octanol–water partition coefficient (Wildman–Crippen LogP) is 0.868. The SMILES string of the molecule is COC(=O)[C@@]1(C)C[C@H]2C=C[C@@H]1C(=O)C2(O)Cl. The largest absolute Gasteiger partial charge is 0.469 e. The number of rotatable bonds is 1. The first kappa shape index (κ1) is 11.6. The van der Waals surface area contributed by atoms with Crippen LogP contribution in [-0.2, 0) is 14.3 Å². The molecule has 0 saturated heterocycles. The van der Waals surface area contributed by atoms with Gasteiger partial charge in [-0.15, -0.1) is 0 Å². The molecule has 5 heteroatoms. The molecule has 4 atom stereocenters. The highest BCUT2D eigenvalue weighted by Crippen LogP contribution is 2.52. The average Bonchev–Trinajstić information content (AvgIpc) is 2.24. The maximum atomic E-state index is 11.9. The van der Waals surface area contributed by atoms with Crippen molar-refractivity contribution < 1.29 is 19.4 Å². The molecular formula is C11H13ClO4. The van der Waals surface area contributed by atoms with Gasteiger partial charge in [-0.3, -0.25) is 9.59 Å². The molecule has 0 spiro atoms. The van der Waals surface area contributed by atoms with Gasteiger partial charge in [-0.2, -0.15) is 0 Å². The van der Waals surface area contributed by atoms with E-state index >= 15 is 0 Å². The maximum absolute atomic E-state index is 11.9. The molecule has 3 aliphatic carbocycles. The van der Waals surface area contributed by atoms with Gasteiger partial charge in [0, 0.05) is 5.92 Å². The number of allylic oxidation sites excluding steroid dienone is 1. The van der Waals surface area contributed by atoms with Crippen LogP contribution in [0.25, 0.3) is 0 Å². The minimum atomic E-state index is -1.87. The normalized spacial score (nSPS) is 45.9. The van der Waals surface area contributed by atoms with Crippen molar-refractivity contribution in [2.24, 2.45) is 17.3 Å². The van der Waals surface area contributed by atoms with E-state index in [1.54, 1.807) is 19.1 Å². The number of Topliss-reactive ketones (excluding diaryl/α,β-unsaturated/α-hetero) is 1. The van der Waals surface area contributed by atoms with Crippen molar-refractivity contribution in [3.8, 4) is 0 Å². The molecule has 1 unspecified atom stereocenters. The monoisotopic (exact) mass is 244 g/mol. The van der Waals surface area contributed by atoms with Crippen LogP contribution in [0.2, 0.25) is 0 Å². The van der Waals surface area contributed by atoms with Crippen LogP contribution in [0.1, 0.15) is 13.3 Å². The van der Waals surface area contributed by atoms with Crippen molar-refractivity contribution in [2.45, 2.75) is 18.4 Å². The molecule has 0 aromatic heterocycles. The zero-order valence-electron chi connectivity index (χ0n) is 9.07. The summed E-state index contributed by atoms with van der Waals surface area (Å²) in [6.07, 6.45) is 3.67. The molecule has 0 heterocycles. The van der Waals surface area contributed by atoms with Crippen LogP contribution in [0.15, 0.2) is 12.2 Å². The standard InChI is InChI=1S/C11H13ClO4/c1-10(9(14)16-2)5-6-3-4-7(10)8(13)11(6,12)15/h3-4,6-7,15H,5H2,1-2H3/t6-,7-,10+,11?/m1/s1. The first-order valence-electron chi connectivity index (χ1n) is 5.06. The molecule has 1 fully saturated rings. The Labute approximate surface area is 98.2 Å². The Bertz CT molecular complexity index is 387. The molecule has 4 nitrogen and oxygen atoms in total. The summed E-state index contributed by atoms with van der Waals surface area (Å²) in [4.78, 5) is 23.6. The molecule has 0 radical (unpaired) electrons. The third kappa shape index (κ3) is 1.26. The molecule has 16 heavy (non-hydrogen) atoms. The number of hydrogen-bond donors (Lipinski definition) is 1. The third-order valence-corrected chi connectivity index (χ3v) is 4.10. The third-order valence-electron chi connectivity index (χ3n) is 3.64. The lowest BCUT2D eigenvalue weighted by molar-refractivity contribution is -0.168. The van der Waals surface area contributed by atoms with Crippen LogP contribution in [0.5, 0.6) is 0 Å². The molecule has 0 aromatic rings. The van der Waals surface area contributed by atoms with E-state index < -0.39 is 34.1 Å². The Morgan fingerprint density at radius 2 is 2.25 bits per heavy atom. The smallest absolute Gasteiger partial charge is 0.312 e. The summed E-state index contributed by atoms with van der Waals surface area (Å²) in [5, 5.41) is 7.96. The first-order chi connectivity index (χ1) is 7.34. The fraction of sp³-hybridized carbons (Fsp3) is 0.636. The summed E-state index contributed by atoms with van der Waals surface area (Å²) < 4.78 is 4.71. The topological polar surface area (TPSA) is 63.6 Å². The Morgan fingerprint density at radius 3 is 2.75 bits per heavy atom. The van der Waals surface area contributed by atoms with Crippen molar-refractivity contribution in [1.29, 1.82) is 0 Å². The number of aliphatic hydroxyl groups is 1. The summed E-state index contributed by atoms with van der Waals surface area (Å²) in [5.74, 6) is -2.18. The second kappa shape index (κ2) is 3.31. The highest BCUT2D eigenvalue weighted by atomic mass is 35.5. The fourth-order valence-corrected chi connectivity index (χ4v) is 2.86. The minimum absolute atomic E-state index is 0.326. The summed E-state index contributed by atoms with van der Waals surface area (Å²) in [5.41, 5.74) is -0.910. The van der Waals surface area contributed by atoms with Crippen LogP contribution in [-0.4, -0.2) is 29.0 Å². The van der Waals surface area contributed by atoms with Crippen molar-refractivity contribution in [3.05, 3.63) is 12.2 Å². The van der Waals surface area contributed by atoms with Crippen LogP contribution < -0.4 is 0 Å². The molecule has 1 saturated carbocycles. The Balaban J connectivity index is 2.43. The molecule has 3 aliphatic rings. The second-order valence-electron chi connectivity index (χ2n) is 4.62. The van der Waals surface area contributed by atoms with Crippen molar-refractivity contribution in [1.82, 2.24) is 0 Å². The van der Waals surface area contributed by atoms with Crippen molar-refractivity contribution in [3.63, 3.8) is 0 Å². The van der Waals surface area contributed by atoms with Crippen molar-refractivity contribution >= 4 is 23.4 Å². The number of ether oxygens (including phenoxy) is 1. The van der Waals surface area contributed by atoms with Crippen LogP contribution >= 0.6 is 11.6 Å². The van der Waals surface area contributed by atoms with E-state index in [-0.39, 0.29) is 0 Å². The van der Waals surface area contributed by atoms with Gasteiger partial charge in [-0.1, -0.05) is 23.8 Å². The van der Waals surface area contributed by atoms with Gasteiger partial charge in [-0.05, 0) is 13.3 Å². The molecule has 88 valence electrons. The second-order valence-corrected chi connectivity index (χ2v) is 5.20. The van der Waals surface area contributed by atoms with Crippen LogP contribution in [0, 0.1) is 17.3 Å². The van der Waals surface area contributed by atoms with E-state index in [4.69, 9.17) is 16.3 Å². The molecule has 0 amide bonds. The fourth-order valence-electron chi connectivity index (χ4n) is 2.59. The van der Waals surface area contributed by atoms with Gasteiger partial charge in [0.25, 0.3) is 0 Å². The van der Waals surface area contributed by atoms with Gasteiger partial charge in [0.2, 0.25) is 5.06 Å². The summed E-state index contributed by atoms with van der Waals surface area (Å²) in [7, 11) is 1.29. The van der Waals surface area contributed by atoms with Gasteiger partial charge in [0.15, 0.2) is 5.78 Å². The number of hydrogen-bond acceptors (Lipinski definition) is 4. The molecule has 3 rings (SSSR count). The quantitative estimate of drug-likeness (QED) is 0.422. The van der Waals surface area contributed by atoms with Crippen LogP contribution in [0.4, 0.5) is 0 Å². The average molecular weight is 245 g/mol. The molecule has 1 N–H and O–H groups in total. The number of methoxy groups -OCH3 is 1. The molecule has 2 bridgehead atoms. The Kier molecular flexibility index (Phi) is 2.40. The molecule has 0 aromatic carbocycles. The number of halogens is 1. The number of carbonyl (C=O) groups is 2. The number of fused-ring (bicyclic) bond motifs is 2. The minimum Gasteiger partial charge on any atom is -0.469 e.